The molecule has 0 aromatic heterocycles. The summed E-state index contributed by atoms with van der Waals surface area (Å²) in [4.78, 5) is 36.6. The zero-order valence-electron chi connectivity index (χ0n) is 13.9. The average molecular weight is 423 g/mol. The highest BCUT2D eigenvalue weighted by molar-refractivity contribution is 8.18. The number of imide groups is 1. The fourth-order valence-corrected chi connectivity index (χ4v) is 3.88. The van der Waals surface area contributed by atoms with Crippen molar-refractivity contribution >= 4 is 57.9 Å². The van der Waals surface area contributed by atoms with Gasteiger partial charge in [0.15, 0.2) is 0 Å². The maximum Gasteiger partial charge on any atom is 0.293 e. The molecule has 2 amide bonds. The van der Waals surface area contributed by atoms with Crippen molar-refractivity contribution in [3.63, 3.8) is 0 Å². The topological polar surface area (TPSA) is 80.5 Å². The number of benzene rings is 2. The van der Waals surface area contributed by atoms with E-state index in [-0.39, 0.29) is 32.7 Å². The molecule has 1 saturated heterocycles. The van der Waals surface area contributed by atoms with Crippen LogP contribution in [0.3, 0.4) is 0 Å². The second-order valence-electron chi connectivity index (χ2n) is 5.78. The van der Waals surface area contributed by atoms with E-state index in [4.69, 9.17) is 23.2 Å². The molecule has 0 saturated carbocycles. The Morgan fingerprint density at radius 2 is 1.89 bits per heavy atom. The van der Waals surface area contributed by atoms with Crippen LogP contribution in [0, 0.1) is 17.0 Å². The van der Waals surface area contributed by atoms with Crippen LogP contribution in [0.4, 0.5) is 10.5 Å². The molecule has 1 aliphatic rings. The van der Waals surface area contributed by atoms with E-state index < -0.39 is 16.1 Å². The fraction of sp³-hybridized carbons (Fsp3) is 0.111. The highest BCUT2D eigenvalue weighted by Gasteiger charge is 2.35. The molecule has 2 aromatic rings. The molecule has 1 aliphatic heterocycles. The van der Waals surface area contributed by atoms with Crippen LogP contribution in [0.25, 0.3) is 6.08 Å². The van der Waals surface area contributed by atoms with Gasteiger partial charge in [0.2, 0.25) is 0 Å². The molecule has 27 heavy (non-hydrogen) atoms. The van der Waals surface area contributed by atoms with Crippen molar-refractivity contribution < 1.29 is 14.5 Å². The molecule has 1 heterocycles. The minimum atomic E-state index is -0.639. The van der Waals surface area contributed by atoms with Crippen molar-refractivity contribution in [2.45, 2.75) is 13.5 Å². The van der Waals surface area contributed by atoms with E-state index in [1.54, 1.807) is 0 Å². The Bertz CT molecular complexity index is 1010. The highest BCUT2D eigenvalue weighted by Crippen LogP contribution is 2.37. The van der Waals surface area contributed by atoms with Crippen LogP contribution < -0.4 is 0 Å². The van der Waals surface area contributed by atoms with Gasteiger partial charge >= 0.3 is 0 Å². The van der Waals surface area contributed by atoms with Crippen molar-refractivity contribution in [3.05, 3.63) is 78.2 Å². The Morgan fingerprint density at radius 3 is 2.56 bits per heavy atom. The van der Waals surface area contributed by atoms with E-state index in [1.165, 1.54) is 18.2 Å². The lowest BCUT2D eigenvalue weighted by atomic mass is 10.1. The summed E-state index contributed by atoms with van der Waals surface area (Å²) in [6.07, 6.45) is 1.37. The normalized spacial score (nSPS) is 15.7. The van der Waals surface area contributed by atoms with Crippen LogP contribution in [0.5, 0.6) is 0 Å². The number of nitro benzene ring substituents is 1. The summed E-state index contributed by atoms with van der Waals surface area (Å²) in [6.45, 7) is 2.06. The maximum atomic E-state index is 12.6. The molecule has 0 unspecified atom stereocenters. The number of nitrogens with zero attached hydrogens (tertiary/aromatic N) is 2. The number of halogens is 2. The molecule has 0 N–H and O–H groups in total. The molecule has 9 heteroatoms. The van der Waals surface area contributed by atoms with E-state index in [2.05, 4.69) is 0 Å². The Morgan fingerprint density at radius 1 is 1.19 bits per heavy atom. The number of nitro groups is 1. The fourth-order valence-electron chi connectivity index (χ4n) is 2.54. The highest BCUT2D eigenvalue weighted by atomic mass is 35.5. The molecule has 138 valence electrons. The number of hydrogen-bond donors (Lipinski definition) is 0. The van der Waals surface area contributed by atoms with Gasteiger partial charge in [0.1, 0.15) is 5.02 Å². The van der Waals surface area contributed by atoms with E-state index in [0.29, 0.717) is 0 Å². The molecule has 0 radical (unpaired) electrons. The van der Waals surface area contributed by atoms with Crippen molar-refractivity contribution in [2.75, 3.05) is 0 Å². The van der Waals surface area contributed by atoms with Crippen LogP contribution >= 0.6 is 35.0 Å². The maximum absolute atomic E-state index is 12.6. The van der Waals surface area contributed by atoms with Crippen molar-refractivity contribution in [2.24, 2.45) is 0 Å². The zero-order valence-corrected chi connectivity index (χ0v) is 16.3. The predicted molar refractivity (Wildman–Crippen MR) is 106 cm³/mol. The molecule has 3 rings (SSSR count). The first-order valence-electron chi connectivity index (χ1n) is 7.71. The Kier molecular flexibility index (Phi) is 5.55. The van der Waals surface area contributed by atoms with Gasteiger partial charge in [-0.25, -0.2) is 0 Å². The second-order valence-corrected chi connectivity index (χ2v) is 7.58. The zero-order chi connectivity index (χ0) is 19.7. The lowest BCUT2D eigenvalue weighted by Crippen LogP contribution is -2.27. The first-order valence-corrected chi connectivity index (χ1v) is 9.28. The van der Waals surface area contributed by atoms with Gasteiger partial charge in [0, 0.05) is 16.7 Å². The molecular formula is C18H12Cl2N2O4S. The summed E-state index contributed by atoms with van der Waals surface area (Å²) >= 11 is 12.7. The van der Waals surface area contributed by atoms with Crippen LogP contribution in [0.15, 0.2) is 41.3 Å². The lowest BCUT2D eigenvalue weighted by Gasteiger charge is -2.14. The van der Waals surface area contributed by atoms with Crippen molar-refractivity contribution in [1.82, 2.24) is 4.90 Å². The first kappa shape index (κ1) is 19.4. The summed E-state index contributed by atoms with van der Waals surface area (Å²) in [5.74, 6) is -0.470. The molecular weight excluding hydrogens is 411 g/mol. The summed E-state index contributed by atoms with van der Waals surface area (Å²) in [5.41, 5.74) is 1.75. The van der Waals surface area contributed by atoms with E-state index in [1.807, 2.05) is 31.2 Å². The second kappa shape index (κ2) is 7.72. The molecule has 0 bridgehead atoms. The van der Waals surface area contributed by atoms with Crippen LogP contribution in [0.2, 0.25) is 10.0 Å². The monoisotopic (exact) mass is 422 g/mol. The van der Waals surface area contributed by atoms with Gasteiger partial charge in [0.25, 0.3) is 16.8 Å². The third-order valence-corrected chi connectivity index (χ3v) is 5.55. The van der Waals surface area contributed by atoms with E-state index in [0.717, 1.165) is 27.8 Å². The summed E-state index contributed by atoms with van der Waals surface area (Å²) in [7, 11) is 0. The SMILES string of the molecule is Cc1ccccc1CN1C(=O)S/C(=C\c2cc([N+](=O)[O-])c(Cl)cc2Cl)C1=O. The van der Waals surface area contributed by atoms with E-state index in [9.17, 15) is 19.7 Å². The van der Waals surface area contributed by atoms with Gasteiger partial charge in [-0.1, -0.05) is 47.5 Å². The number of hydrogen-bond acceptors (Lipinski definition) is 5. The largest absolute Gasteiger partial charge is 0.293 e. The molecule has 2 aromatic carbocycles. The smallest absolute Gasteiger partial charge is 0.268 e. The molecule has 0 aliphatic carbocycles. The number of carbonyl (C=O) groups excluding carboxylic acids is 2. The van der Waals surface area contributed by atoms with Gasteiger partial charge in [0.05, 0.1) is 16.4 Å². The summed E-state index contributed by atoms with van der Waals surface area (Å²) < 4.78 is 0. The lowest BCUT2D eigenvalue weighted by molar-refractivity contribution is -0.384. The average Bonchev–Trinajstić information content (AvgIpc) is 2.86. The van der Waals surface area contributed by atoms with Crippen LogP contribution in [-0.2, 0) is 11.3 Å². The van der Waals surface area contributed by atoms with Gasteiger partial charge < -0.3 is 0 Å². The van der Waals surface area contributed by atoms with Crippen LogP contribution in [0.1, 0.15) is 16.7 Å². The third-order valence-electron chi connectivity index (χ3n) is 4.01. The quantitative estimate of drug-likeness (QED) is 0.371. The van der Waals surface area contributed by atoms with Gasteiger partial charge in [-0.3, -0.25) is 24.6 Å². The van der Waals surface area contributed by atoms with Gasteiger partial charge in [-0.05, 0) is 42.0 Å². The molecule has 0 atom stereocenters. The van der Waals surface area contributed by atoms with Crippen LogP contribution in [-0.4, -0.2) is 21.0 Å². The Labute approximate surface area is 168 Å². The number of thioether (sulfide) groups is 1. The number of carbonyl (C=O) groups is 2. The summed E-state index contributed by atoms with van der Waals surface area (Å²) in [6, 6.07) is 9.88. The Balaban J connectivity index is 1.92. The molecule has 1 fully saturated rings. The first-order chi connectivity index (χ1) is 12.8. The Hall–Kier alpha value is -2.35. The number of rotatable bonds is 4. The standard InChI is InChI=1S/C18H12Cl2N2O4S/c1-10-4-2-3-5-11(10)9-21-17(23)16(27-18(21)24)7-12-6-15(22(25)26)14(20)8-13(12)19/h2-8H,9H2,1H3/b16-7-. The van der Waals surface area contributed by atoms with Gasteiger partial charge in [-0.2, -0.15) is 0 Å². The van der Waals surface area contributed by atoms with Gasteiger partial charge in [-0.15, -0.1) is 0 Å². The number of aryl methyl sites for hydroxylation is 1. The van der Waals surface area contributed by atoms with Crippen molar-refractivity contribution in [1.29, 1.82) is 0 Å². The third kappa shape index (κ3) is 4.00. The molecule has 6 nitrogen and oxygen atoms in total. The summed E-state index contributed by atoms with van der Waals surface area (Å²) in [5, 5.41) is 10.7. The minimum Gasteiger partial charge on any atom is -0.268 e. The van der Waals surface area contributed by atoms with E-state index >= 15 is 0 Å². The minimum absolute atomic E-state index is 0.102. The predicted octanol–water partition coefficient (Wildman–Crippen LogP) is 5.45. The van der Waals surface area contributed by atoms with Crippen molar-refractivity contribution in [3.8, 4) is 0 Å². The molecule has 0 spiro atoms. The number of amides is 2.